The largest absolute Gasteiger partial charge is 0.459 e. The van der Waals surface area contributed by atoms with Crippen LogP contribution in [0.2, 0.25) is 0 Å². The molecule has 0 saturated heterocycles. The monoisotopic (exact) mass is 310 g/mol. The fourth-order valence-electron chi connectivity index (χ4n) is 1.92. The van der Waals surface area contributed by atoms with Gasteiger partial charge in [0.25, 0.3) is 0 Å². The summed E-state index contributed by atoms with van der Waals surface area (Å²) in [4.78, 5) is 23.3. The molecular weight excluding hydrogens is 280 g/mol. The van der Waals surface area contributed by atoms with Crippen molar-refractivity contribution in [3.63, 3.8) is 0 Å². The van der Waals surface area contributed by atoms with Crippen LogP contribution in [0.3, 0.4) is 0 Å². The molecule has 0 fully saturated rings. The second-order valence-corrected chi connectivity index (χ2v) is 5.74. The van der Waals surface area contributed by atoms with E-state index in [1.165, 1.54) is 0 Å². The summed E-state index contributed by atoms with van der Waals surface area (Å²) in [5.41, 5.74) is 0.803. The molecular formula is C18H30O4. The number of carbonyl (C=O) groups is 2. The van der Waals surface area contributed by atoms with Crippen molar-refractivity contribution < 1.29 is 19.1 Å². The van der Waals surface area contributed by atoms with Gasteiger partial charge >= 0.3 is 11.9 Å². The Morgan fingerprint density at radius 2 is 1.32 bits per heavy atom. The van der Waals surface area contributed by atoms with E-state index in [9.17, 15) is 9.59 Å². The number of rotatable bonds is 11. The lowest BCUT2D eigenvalue weighted by Gasteiger charge is -2.21. The summed E-state index contributed by atoms with van der Waals surface area (Å²) in [5, 5.41) is 0. The number of hydrogen-bond donors (Lipinski definition) is 0. The first kappa shape index (κ1) is 20.4. The zero-order valence-corrected chi connectivity index (χ0v) is 14.4. The summed E-state index contributed by atoms with van der Waals surface area (Å²) in [6, 6.07) is 0. The SMILES string of the molecule is C=C(C)C(=O)OC(CC)CCC(CCCC)OC(=O)C(=C)C. The van der Waals surface area contributed by atoms with Gasteiger partial charge in [-0.05, 0) is 39.5 Å². The van der Waals surface area contributed by atoms with Crippen LogP contribution in [0.25, 0.3) is 0 Å². The van der Waals surface area contributed by atoms with Gasteiger partial charge in [-0.3, -0.25) is 0 Å². The summed E-state index contributed by atoms with van der Waals surface area (Å²) in [7, 11) is 0. The summed E-state index contributed by atoms with van der Waals surface area (Å²) in [6.07, 6.45) is 4.63. The number of hydrogen-bond acceptors (Lipinski definition) is 4. The number of ether oxygens (including phenoxy) is 2. The van der Waals surface area contributed by atoms with Crippen molar-refractivity contribution in [1.82, 2.24) is 0 Å². The molecule has 0 aromatic carbocycles. The molecule has 4 heteroatoms. The molecule has 2 unspecified atom stereocenters. The van der Waals surface area contributed by atoms with E-state index in [1.54, 1.807) is 13.8 Å². The Morgan fingerprint density at radius 3 is 1.73 bits per heavy atom. The summed E-state index contributed by atoms with van der Waals surface area (Å²) < 4.78 is 10.8. The van der Waals surface area contributed by atoms with Crippen molar-refractivity contribution in [2.45, 2.75) is 78.4 Å². The lowest BCUT2D eigenvalue weighted by molar-refractivity contribution is -0.148. The molecule has 2 atom stereocenters. The van der Waals surface area contributed by atoms with Crippen LogP contribution in [-0.2, 0) is 19.1 Å². The van der Waals surface area contributed by atoms with E-state index < -0.39 is 0 Å². The minimum absolute atomic E-state index is 0.151. The number of unbranched alkanes of at least 4 members (excludes halogenated alkanes) is 1. The molecule has 0 aliphatic carbocycles. The van der Waals surface area contributed by atoms with Gasteiger partial charge in [-0.25, -0.2) is 9.59 Å². The van der Waals surface area contributed by atoms with Crippen molar-refractivity contribution in [1.29, 1.82) is 0 Å². The Labute approximate surface area is 134 Å². The highest BCUT2D eigenvalue weighted by atomic mass is 16.5. The Balaban J connectivity index is 4.50. The highest BCUT2D eigenvalue weighted by Crippen LogP contribution is 2.17. The third kappa shape index (κ3) is 8.65. The second kappa shape index (κ2) is 11.0. The molecule has 4 nitrogen and oxygen atoms in total. The average molecular weight is 310 g/mol. The van der Waals surface area contributed by atoms with E-state index in [0.717, 1.165) is 25.7 Å². The van der Waals surface area contributed by atoms with Gasteiger partial charge in [0.2, 0.25) is 0 Å². The molecule has 0 aromatic heterocycles. The van der Waals surface area contributed by atoms with E-state index >= 15 is 0 Å². The third-order valence-corrected chi connectivity index (χ3v) is 3.39. The molecule has 0 heterocycles. The van der Waals surface area contributed by atoms with Gasteiger partial charge in [-0.1, -0.05) is 39.8 Å². The molecule has 0 amide bonds. The Bertz CT molecular complexity index is 398. The fraction of sp³-hybridized carbons (Fsp3) is 0.667. The maximum absolute atomic E-state index is 11.7. The van der Waals surface area contributed by atoms with Crippen molar-refractivity contribution in [3.05, 3.63) is 24.3 Å². The number of esters is 2. The minimum atomic E-state index is -0.365. The predicted octanol–water partition coefficient (Wildman–Crippen LogP) is 4.34. The van der Waals surface area contributed by atoms with Gasteiger partial charge in [0.05, 0.1) is 0 Å². The van der Waals surface area contributed by atoms with Crippen molar-refractivity contribution in [2.75, 3.05) is 0 Å². The van der Waals surface area contributed by atoms with Crippen LogP contribution < -0.4 is 0 Å². The van der Waals surface area contributed by atoms with Crippen LogP contribution in [0, 0.1) is 0 Å². The van der Waals surface area contributed by atoms with Crippen molar-refractivity contribution in [3.8, 4) is 0 Å². The van der Waals surface area contributed by atoms with Crippen LogP contribution in [0.15, 0.2) is 24.3 Å². The maximum Gasteiger partial charge on any atom is 0.333 e. The van der Waals surface area contributed by atoms with Crippen LogP contribution in [0.5, 0.6) is 0 Å². The fourth-order valence-corrected chi connectivity index (χ4v) is 1.92. The van der Waals surface area contributed by atoms with E-state index in [-0.39, 0.29) is 24.1 Å². The zero-order valence-electron chi connectivity index (χ0n) is 14.4. The quantitative estimate of drug-likeness (QED) is 0.421. The average Bonchev–Trinajstić information content (AvgIpc) is 2.47. The Morgan fingerprint density at radius 1 is 0.864 bits per heavy atom. The number of carbonyl (C=O) groups excluding carboxylic acids is 2. The summed E-state index contributed by atoms with van der Waals surface area (Å²) in [6.45, 7) is 14.5. The first-order valence-electron chi connectivity index (χ1n) is 8.04. The first-order chi connectivity index (χ1) is 10.3. The molecule has 0 saturated carbocycles. The van der Waals surface area contributed by atoms with Crippen molar-refractivity contribution >= 4 is 11.9 Å². The van der Waals surface area contributed by atoms with Gasteiger partial charge < -0.3 is 9.47 Å². The summed E-state index contributed by atoms with van der Waals surface area (Å²) >= 11 is 0. The van der Waals surface area contributed by atoms with Gasteiger partial charge in [0.1, 0.15) is 12.2 Å². The smallest absolute Gasteiger partial charge is 0.333 e. The van der Waals surface area contributed by atoms with Gasteiger partial charge in [-0.15, -0.1) is 0 Å². The van der Waals surface area contributed by atoms with Crippen LogP contribution >= 0.6 is 0 Å². The van der Waals surface area contributed by atoms with Crippen LogP contribution in [0.4, 0.5) is 0 Å². The molecule has 0 N–H and O–H groups in total. The summed E-state index contributed by atoms with van der Waals surface area (Å²) in [5.74, 6) is -0.719. The van der Waals surface area contributed by atoms with E-state index in [1.807, 2.05) is 6.92 Å². The lowest BCUT2D eigenvalue weighted by atomic mass is 10.0. The highest BCUT2D eigenvalue weighted by Gasteiger charge is 2.19. The Hall–Kier alpha value is -1.58. The molecule has 22 heavy (non-hydrogen) atoms. The van der Waals surface area contributed by atoms with E-state index in [2.05, 4.69) is 20.1 Å². The molecule has 0 aliphatic rings. The molecule has 0 aliphatic heterocycles. The topological polar surface area (TPSA) is 52.6 Å². The minimum Gasteiger partial charge on any atom is -0.459 e. The lowest BCUT2D eigenvalue weighted by Crippen LogP contribution is -2.23. The predicted molar refractivity (Wildman–Crippen MR) is 88.4 cm³/mol. The first-order valence-corrected chi connectivity index (χ1v) is 8.04. The van der Waals surface area contributed by atoms with Crippen LogP contribution in [0.1, 0.15) is 66.2 Å². The molecule has 0 radical (unpaired) electrons. The Kier molecular flexibility index (Phi) is 10.3. The third-order valence-electron chi connectivity index (χ3n) is 3.39. The molecule has 0 aromatic rings. The standard InChI is InChI=1S/C18H30O4/c1-7-9-10-16(22-18(20)14(5)6)12-11-15(8-2)21-17(19)13(3)4/h15-16H,3,5,7-12H2,1-2,4,6H3. The molecule has 0 bridgehead atoms. The van der Waals surface area contributed by atoms with Crippen LogP contribution in [-0.4, -0.2) is 24.1 Å². The molecule has 0 spiro atoms. The van der Waals surface area contributed by atoms with E-state index in [4.69, 9.17) is 9.47 Å². The zero-order chi connectivity index (χ0) is 17.1. The van der Waals surface area contributed by atoms with Crippen molar-refractivity contribution in [2.24, 2.45) is 0 Å². The molecule has 126 valence electrons. The maximum atomic E-state index is 11.7. The van der Waals surface area contributed by atoms with Gasteiger partial charge in [0, 0.05) is 11.1 Å². The normalized spacial score (nSPS) is 13.1. The second-order valence-electron chi connectivity index (χ2n) is 5.74. The van der Waals surface area contributed by atoms with E-state index in [0.29, 0.717) is 24.0 Å². The highest BCUT2D eigenvalue weighted by molar-refractivity contribution is 5.87. The molecule has 0 rings (SSSR count). The van der Waals surface area contributed by atoms with Gasteiger partial charge in [0.15, 0.2) is 0 Å². The van der Waals surface area contributed by atoms with Gasteiger partial charge in [-0.2, -0.15) is 0 Å².